The molecule has 1 amide bonds. The lowest BCUT2D eigenvalue weighted by atomic mass is 10.1. The summed E-state index contributed by atoms with van der Waals surface area (Å²) in [4.78, 5) is 32.6. The van der Waals surface area contributed by atoms with Gasteiger partial charge in [-0.05, 0) is 25.8 Å². The van der Waals surface area contributed by atoms with E-state index in [-0.39, 0.29) is 12.8 Å². The molecule has 2 atom stereocenters. The molecule has 6 N–H and O–H groups in total. The van der Waals surface area contributed by atoms with Gasteiger partial charge in [0.1, 0.15) is 6.29 Å². The molecule has 0 aliphatic heterocycles. The second kappa shape index (κ2) is 9.55. The van der Waals surface area contributed by atoms with Crippen molar-refractivity contribution in [3.63, 3.8) is 0 Å². The van der Waals surface area contributed by atoms with Crippen molar-refractivity contribution in [1.29, 1.82) is 0 Å². The molecule has 0 fully saturated rings. The van der Waals surface area contributed by atoms with Gasteiger partial charge in [0.25, 0.3) is 0 Å². The van der Waals surface area contributed by atoms with E-state index in [9.17, 15) is 14.4 Å². The van der Waals surface area contributed by atoms with Gasteiger partial charge in [0.15, 0.2) is 0 Å². The zero-order chi connectivity index (χ0) is 14.0. The molecule has 0 aromatic heterocycles. The van der Waals surface area contributed by atoms with Crippen LogP contribution in [0.3, 0.4) is 0 Å². The normalized spacial score (nSPS) is 13.7. The van der Waals surface area contributed by atoms with Crippen LogP contribution in [0.5, 0.6) is 0 Å². The van der Waals surface area contributed by atoms with Crippen molar-refractivity contribution < 1.29 is 19.5 Å². The summed E-state index contributed by atoms with van der Waals surface area (Å²) in [6.07, 6.45) is 2.44. The standard InChI is InChI=1S/C11H21N3O4/c12-6-2-1-3-9(13)11(18)14-8(7-15)4-5-10(16)17/h7-9H,1-6,12-13H2,(H,14,18)(H,16,17)/t8-,9-/m0/s1. The molecule has 0 aliphatic carbocycles. The first-order valence-electron chi connectivity index (χ1n) is 5.94. The minimum atomic E-state index is -1.01. The molecule has 0 saturated heterocycles. The van der Waals surface area contributed by atoms with Crippen molar-refractivity contribution in [3.05, 3.63) is 0 Å². The van der Waals surface area contributed by atoms with Gasteiger partial charge in [-0.2, -0.15) is 0 Å². The molecule has 0 bridgehead atoms. The second-order valence-corrected chi connectivity index (χ2v) is 4.07. The second-order valence-electron chi connectivity index (χ2n) is 4.07. The third-order valence-corrected chi connectivity index (χ3v) is 2.47. The number of rotatable bonds is 10. The SMILES string of the molecule is NCCCC[C@H](N)C(=O)N[C@H](C=O)CCC(=O)O. The van der Waals surface area contributed by atoms with Crippen LogP contribution < -0.4 is 16.8 Å². The Labute approximate surface area is 106 Å². The molecule has 7 heteroatoms. The van der Waals surface area contributed by atoms with Crippen LogP contribution in [0.2, 0.25) is 0 Å². The molecule has 0 rings (SSSR count). The molecule has 0 aromatic carbocycles. The van der Waals surface area contributed by atoms with Gasteiger partial charge in [0.2, 0.25) is 5.91 Å². The number of aliphatic carboxylic acids is 1. The van der Waals surface area contributed by atoms with E-state index in [0.717, 1.165) is 12.8 Å². The van der Waals surface area contributed by atoms with E-state index >= 15 is 0 Å². The fourth-order valence-electron chi connectivity index (χ4n) is 1.38. The van der Waals surface area contributed by atoms with Crippen LogP contribution in [0.25, 0.3) is 0 Å². The highest BCUT2D eigenvalue weighted by Gasteiger charge is 2.17. The van der Waals surface area contributed by atoms with Crippen LogP contribution in [-0.4, -0.2) is 41.9 Å². The Morgan fingerprint density at radius 1 is 1.28 bits per heavy atom. The Balaban J connectivity index is 4.00. The third-order valence-electron chi connectivity index (χ3n) is 2.47. The zero-order valence-electron chi connectivity index (χ0n) is 10.3. The fourth-order valence-corrected chi connectivity index (χ4v) is 1.38. The summed E-state index contributed by atoms with van der Waals surface area (Å²) >= 11 is 0. The van der Waals surface area contributed by atoms with Gasteiger partial charge in [0, 0.05) is 6.42 Å². The number of aldehydes is 1. The molecule has 0 unspecified atom stereocenters. The summed E-state index contributed by atoms with van der Waals surface area (Å²) < 4.78 is 0. The van der Waals surface area contributed by atoms with Gasteiger partial charge < -0.3 is 26.7 Å². The van der Waals surface area contributed by atoms with Crippen LogP contribution in [0.4, 0.5) is 0 Å². The minimum absolute atomic E-state index is 0.0695. The lowest BCUT2D eigenvalue weighted by molar-refractivity contribution is -0.137. The molecule has 104 valence electrons. The summed E-state index contributed by atoms with van der Waals surface area (Å²) in [6.45, 7) is 0.546. The van der Waals surface area contributed by atoms with E-state index in [1.54, 1.807) is 0 Å². The van der Waals surface area contributed by atoms with E-state index in [0.29, 0.717) is 19.3 Å². The number of hydrogen-bond donors (Lipinski definition) is 4. The number of hydrogen-bond acceptors (Lipinski definition) is 5. The van der Waals surface area contributed by atoms with Crippen molar-refractivity contribution in [2.24, 2.45) is 11.5 Å². The summed E-state index contributed by atoms with van der Waals surface area (Å²) in [5.41, 5.74) is 10.9. The van der Waals surface area contributed by atoms with E-state index in [1.165, 1.54) is 0 Å². The summed E-state index contributed by atoms with van der Waals surface area (Å²) in [6, 6.07) is -1.49. The van der Waals surface area contributed by atoms with Crippen LogP contribution in [0.1, 0.15) is 32.1 Å². The average molecular weight is 259 g/mol. The number of amides is 1. The minimum Gasteiger partial charge on any atom is -0.481 e. The third kappa shape index (κ3) is 7.75. The van der Waals surface area contributed by atoms with E-state index in [1.807, 2.05) is 0 Å². The predicted octanol–water partition coefficient (Wildman–Crippen LogP) is -1.01. The lowest BCUT2D eigenvalue weighted by Crippen LogP contribution is -2.46. The molecule has 0 aromatic rings. The van der Waals surface area contributed by atoms with Crippen molar-refractivity contribution in [2.75, 3.05) is 6.54 Å². The molecule has 18 heavy (non-hydrogen) atoms. The van der Waals surface area contributed by atoms with Crippen molar-refractivity contribution >= 4 is 18.2 Å². The van der Waals surface area contributed by atoms with Crippen molar-refractivity contribution in [2.45, 2.75) is 44.2 Å². The van der Waals surface area contributed by atoms with E-state index < -0.39 is 24.0 Å². The van der Waals surface area contributed by atoms with Crippen LogP contribution in [-0.2, 0) is 14.4 Å². The van der Waals surface area contributed by atoms with Gasteiger partial charge in [-0.3, -0.25) is 9.59 Å². The van der Waals surface area contributed by atoms with E-state index in [2.05, 4.69) is 5.32 Å². The van der Waals surface area contributed by atoms with Crippen molar-refractivity contribution in [1.82, 2.24) is 5.32 Å². The number of nitrogens with one attached hydrogen (secondary N) is 1. The highest BCUT2D eigenvalue weighted by atomic mass is 16.4. The largest absolute Gasteiger partial charge is 0.481 e. The topological polar surface area (TPSA) is 136 Å². The highest BCUT2D eigenvalue weighted by Crippen LogP contribution is 2.00. The first-order valence-corrected chi connectivity index (χ1v) is 5.94. The molecular formula is C11H21N3O4. The Bertz CT molecular complexity index is 283. The lowest BCUT2D eigenvalue weighted by Gasteiger charge is -2.16. The number of unbranched alkanes of at least 4 members (excludes halogenated alkanes) is 1. The maximum Gasteiger partial charge on any atom is 0.303 e. The van der Waals surface area contributed by atoms with Gasteiger partial charge in [-0.25, -0.2) is 0 Å². The molecule has 0 heterocycles. The van der Waals surface area contributed by atoms with E-state index in [4.69, 9.17) is 16.6 Å². The number of carboxylic acid groups (broad SMARTS) is 1. The van der Waals surface area contributed by atoms with Gasteiger partial charge in [-0.1, -0.05) is 6.42 Å². The van der Waals surface area contributed by atoms with Crippen LogP contribution >= 0.6 is 0 Å². The summed E-state index contributed by atoms with van der Waals surface area (Å²) in [7, 11) is 0. The molecule has 0 spiro atoms. The molecule has 7 nitrogen and oxygen atoms in total. The number of carbonyl (C=O) groups excluding carboxylic acids is 2. The zero-order valence-corrected chi connectivity index (χ0v) is 10.3. The Morgan fingerprint density at radius 3 is 2.44 bits per heavy atom. The Kier molecular flexibility index (Phi) is 8.77. The maximum absolute atomic E-state index is 11.6. The van der Waals surface area contributed by atoms with Crippen LogP contribution in [0, 0.1) is 0 Å². The molecule has 0 radical (unpaired) electrons. The average Bonchev–Trinajstić information content (AvgIpc) is 2.34. The molecular weight excluding hydrogens is 238 g/mol. The summed E-state index contributed by atoms with van der Waals surface area (Å²) in [5.74, 6) is -1.45. The number of nitrogens with two attached hydrogens (primary N) is 2. The Hall–Kier alpha value is -1.47. The number of carbonyl (C=O) groups is 3. The van der Waals surface area contributed by atoms with Crippen molar-refractivity contribution in [3.8, 4) is 0 Å². The monoisotopic (exact) mass is 259 g/mol. The molecule has 0 saturated carbocycles. The van der Waals surface area contributed by atoms with Gasteiger partial charge in [-0.15, -0.1) is 0 Å². The quantitative estimate of drug-likeness (QED) is 0.293. The number of carboxylic acids is 1. The Morgan fingerprint density at radius 2 is 1.94 bits per heavy atom. The highest BCUT2D eigenvalue weighted by molar-refractivity contribution is 5.84. The van der Waals surface area contributed by atoms with Crippen LogP contribution in [0.15, 0.2) is 0 Å². The summed E-state index contributed by atoms with van der Waals surface area (Å²) in [5, 5.41) is 10.9. The van der Waals surface area contributed by atoms with Gasteiger partial charge in [0.05, 0.1) is 12.1 Å². The predicted molar refractivity (Wildman–Crippen MR) is 65.7 cm³/mol. The fraction of sp³-hybridized carbons (Fsp3) is 0.727. The molecule has 0 aliphatic rings. The smallest absolute Gasteiger partial charge is 0.303 e. The first kappa shape index (κ1) is 16.5. The van der Waals surface area contributed by atoms with Gasteiger partial charge >= 0.3 is 5.97 Å². The first-order chi connectivity index (χ1) is 8.51. The maximum atomic E-state index is 11.6.